The Kier molecular flexibility index (Phi) is 8.71. The molecule has 1 unspecified atom stereocenters. The van der Waals surface area contributed by atoms with Crippen LogP contribution in [0.4, 0.5) is 13.2 Å². The van der Waals surface area contributed by atoms with Crippen LogP contribution in [0.5, 0.6) is 0 Å². The summed E-state index contributed by atoms with van der Waals surface area (Å²) < 4.78 is 36.7. The lowest BCUT2D eigenvalue weighted by atomic mass is 10.3. The molecule has 1 saturated heterocycles. The van der Waals surface area contributed by atoms with Crippen molar-refractivity contribution in [3.63, 3.8) is 0 Å². The van der Waals surface area contributed by atoms with Gasteiger partial charge in [-0.3, -0.25) is 9.89 Å². The van der Waals surface area contributed by atoms with Gasteiger partial charge in [0.25, 0.3) is 0 Å². The number of hydrogen-bond acceptors (Lipinski definition) is 2. The van der Waals surface area contributed by atoms with Crippen LogP contribution in [-0.2, 0) is 0 Å². The van der Waals surface area contributed by atoms with Crippen LogP contribution in [0.25, 0.3) is 0 Å². The fraction of sp³-hybridized carbons (Fsp3) is 0.909. The Morgan fingerprint density at radius 3 is 2.63 bits per heavy atom. The van der Waals surface area contributed by atoms with Crippen molar-refractivity contribution in [2.45, 2.75) is 32.0 Å². The summed E-state index contributed by atoms with van der Waals surface area (Å²) in [5.74, 6) is 0.663. The number of hydrogen-bond donors (Lipinski definition) is 2. The topological polar surface area (TPSA) is 39.7 Å². The quantitative estimate of drug-likeness (QED) is 0.434. The van der Waals surface area contributed by atoms with Crippen LogP contribution in [0, 0.1) is 0 Å². The number of guanidine groups is 1. The summed E-state index contributed by atoms with van der Waals surface area (Å²) in [6.07, 6.45) is -2.43. The first-order valence-corrected chi connectivity index (χ1v) is 6.21. The first kappa shape index (κ1) is 18.8. The molecule has 0 radical (unpaired) electrons. The fourth-order valence-electron chi connectivity index (χ4n) is 1.98. The van der Waals surface area contributed by atoms with Crippen LogP contribution in [0.1, 0.15) is 19.8 Å². The molecule has 1 aliphatic rings. The predicted molar refractivity (Wildman–Crippen MR) is 81.1 cm³/mol. The summed E-state index contributed by atoms with van der Waals surface area (Å²) >= 11 is 0. The van der Waals surface area contributed by atoms with Crippen LogP contribution in [0.2, 0.25) is 0 Å². The van der Waals surface area contributed by atoms with Gasteiger partial charge in [0.2, 0.25) is 0 Å². The molecule has 19 heavy (non-hydrogen) atoms. The van der Waals surface area contributed by atoms with E-state index in [9.17, 15) is 13.2 Å². The summed E-state index contributed by atoms with van der Waals surface area (Å²) in [4.78, 5) is 5.46. The van der Waals surface area contributed by atoms with Crippen molar-refractivity contribution in [3.8, 4) is 0 Å². The Balaban J connectivity index is 0.00000324. The highest BCUT2D eigenvalue weighted by Gasteiger charge is 2.34. The zero-order chi connectivity index (χ0) is 13.6. The van der Waals surface area contributed by atoms with Crippen molar-refractivity contribution in [1.82, 2.24) is 15.5 Å². The monoisotopic (exact) mass is 394 g/mol. The van der Waals surface area contributed by atoms with E-state index in [1.165, 1.54) is 4.90 Å². The highest BCUT2D eigenvalue weighted by Crippen LogP contribution is 2.19. The van der Waals surface area contributed by atoms with Gasteiger partial charge < -0.3 is 10.6 Å². The average Bonchev–Trinajstić information content (AvgIpc) is 2.69. The highest BCUT2D eigenvalue weighted by molar-refractivity contribution is 14.0. The number of rotatable bonds is 4. The third-order valence-corrected chi connectivity index (χ3v) is 2.78. The first-order chi connectivity index (χ1) is 8.44. The van der Waals surface area contributed by atoms with Crippen LogP contribution in [0.3, 0.4) is 0 Å². The second-order valence-corrected chi connectivity index (χ2v) is 4.48. The maximum Gasteiger partial charge on any atom is 0.401 e. The van der Waals surface area contributed by atoms with E-state index in [2.05, 4.69) is 15.6 Å². The third-order valence-electron chi connectivity index (χ3n) is 2.78. The summed E-state index contributed by atoms with van der Waals surface area (Å²) in [6, 6.07) is 0.0374. The zero-order valence-corrected chi connectivity index (χ0v) is 13.6. The van der Waals surface area contributed by atoms with E-state index >= 15 is 0 Å². The van der Waals surface area contributed by atoms with Gasteiger partial charge in [-0.15, -0.1) is 24.0 Å². The molecule has 0 aliphatic carbocycles. The van der Waals surface area contributed by atoms with Gasteiger partial charge in [0, 0.05) is 32.7 Å². The van der Waals surface area contributed by atoms with Crippen molar-refractivity contribution in [1.29, 1.82) is 0 Å². The maximum atomic E-state index is 12.2. The zero-order valence-electron chi connectivity index (χ0n) is 11.3. The summed E-state index contributed by atoms with van der Waals surface area (Å²) in [6.45, 7) is 2.90. The number of likely N-dealkylation sites (tertiary alicyclic amines) is 1. The average molecular weight is 394 g/mol. The van der Waals surface area contributed by atoms with E-state index < -0.39 is 12.7 Å². The van der Waals surface area contributed by atoms with Gasteiger partial charge in [-0.2, -0.15) is 13.2 Å². The molecular formula is C11H22F3IN4. The molecule has 0 amide bonds. The smallest absolute Gasteiger partial charge is 0.356 e. The Hall–Kier alpha value is -0.250. The van der Waals surface area contributed by atoms with Gasteiger partial charge in [-0.25, -0.2) is 0 Å². The minimum atomic E-state index is -4.11. The maximum absolute atomic E-state index is 12.2. The Labute approximate surface area is 129 Å². The Bertz CT molecular complexity index is 284. The standard InChI is InChI=1S/C11H21F3N4.HI/c1-3-5-16-10(15-2)17-9-4-6-18(7-9)8-11(12,13)14;/h9H,3-8H2,1-2H3,(H2,15,16,17);1H. The number of halogens is 4. The molecule has 0 aromatic heterocycles. The number of aliphatic imine (C=N–C) groups is 1. The van der Waals surface area contributed by atoms with Crippen molar-refractivity contribution in [2.75, 3.05) is 33.2 Å². The molecule has 1 aliphatic heterocycles. The van der Waals surface area contributed by atoms with Gasteiger partial charge in [0.05, 0.1) is 6.54 Å². The van der Waals surface area contributed by atoms with E-state index in [1.54, 1.807) is 7.05 Å². The highest BCUT2D eigenvalue weighted by atomic mass is 127. The van der Waals surface area contributed by atoms with Crippen molar-refractivity contribution in [2.24, 2.45) is 4.99 Å². The molecule has 0 aromatic carbocycles. The predicted octanol–water partition coefficient (Wildman–Crippen LogP) is 1.82. The van der Waals surface area contributed by atoms with E-state index in [0.717, 1.165) is 13.0 Å². The fourth-order valence-corrected chi connectivity index (χ4v) is 1.98. The lowest BCUT2D eigenvalue weighted by Gasteiger charge is -2.19. The molecule has 4 nitrogen and oxygen atoms in total. The molecule has 1 atom stereocenters. The summed E-state index contributed by atoms with van der Waals surface area (Å²) in [5, 5.41) is 6.25. The Morgan fingerprint density at radius 2 is 2.11 bits per heavy atom. The normalized spacial score (nSPS) is 21.1. The van der Waals surface area contributed by atoms with E-state index in [0.29, 0.717) is 25.5 Å². The van der Waals surface area contributed by atoms with Gasteiger partial charge in [-0.1, -0.05) is 6.92 Å². The van der Waals surface area contributed by atoms with Crippen molar-refractivity contribution < 1.29 is 13.2 Å². The number of nitrogens with one attached hydrogen (secondary N) is 2. The third kappa shape index (κ3) is 7.81. The molecule has 2 N–H and O–H groups in total. The van der Waals surface area contributed by atoms with Crippen LogP contribution < -0.4 is 10.6 Å². The minimum Gasteiger partial charge on any atom is -0.356 e. The lowest BCUT2D eigenvalue weighted by molar-refractivity contribution is -0.143. The Morgan fingerprint density at radius 1 is 1.42 bits per heavy atom. The number of alkyl halides is 3. The largest absolute Gasteiger partial charge is 0.401 e. The molecule has 0 bridgehead atoms. The second-order valence-electron chi connectivity index (χ2n) is 4.48. The van der Waals surface area contributed by atoms with Gasteiger partial charge in [0.1, 0.15) is 0 Å². The van der Waals surface area contributed by atoms with E-state index in [4.69, 9.17) is 0 Å². The molecule has 0 saturated carbocycles. The molecule has 8 heteroatoms. The molecule has 0 spiro atoms. The summed E-state index contributed by atoms with van der Waals surface area (Å²) in [7, 11) is 1.66. The lowest BCUT2D eigenvalue weighted by Crippen LogP contribution is -2.45. The first-order valence-electron chi connectivity index (χ1n) is 6.21. The molecule has 1 heterocycles. The SMILES string of the molecule is CCCNC(=NC)NC1CCN(CC(F)(F)F)C1.I. The minimum absolute atomic E-state index is 0. The molecule has 0 aromatic rings. The van der Waals surface area contributed by atoms with Crippen LogP contribution in [-0.4, -0.2) is 56.3 Å². The molecule has 1 fully saturated rings. The second kappa shape index (κ2) is 8.83. The molecule has 114 valence electrons. The van der Waals surface area contributed by atoms with Gasteiger partial charge in [0.15, 0.2) is 5.96 Å². The van der Waals surface area contributed by atoms with Crippen molar-refractivity contribution in [3.05, 3.63) is 0 Å². The summed E-state index contributed by atoms with van der Waals surface area (Å²) in [5.41, 5.74) is 0. The molecule has 1 rings (SSSR count). The van der Waals surface area contributed by atoms with Gasteiger partial charge in [-0.05, 0) is 12.8 Å². The van der Waals surface area contributed by atoms with E-state index in [-0.39, 0.29) is 30.0 Å². The van der Waals surface area contributed by atoms with Crippen LogP contribution in [0.15, 0.2) is 4.99 Å². The number of nitrogens with zero attached hydrogens (tertiary/aromatic N) is 2. The van der Waals surface area contributed by atoms with Gasteiger partial charge >= 0.3 is 6.18 Å². The molecular weight excluding hydrogens is 372 g/mol. The van der Waals surface area contributed by atoms with Crippen LogP contribution >= 0.6 is 24.0 Å². The van der Waals surface area contributed by atoms with E-state index in [1.807, 2.05) is 6.92 Å². The van der Waals surface area contributed by atoms with Crippen molar-refractivity contribution >= 4 is 29.9 Å².